The monoisotopic (exact) mass is 221 g/mol. The maximum absolute atomic E-state index is 10.7. The Morgan fingerprint density at radius 1 is 1.50 bits per heavy atom. The van der Waals surface area contributed by atoms with Crippen LogP contribution < -0.4 is 0 Å². The second-order valence-electron chi connectivity index (χ2n) is 4.55. The van der Waals surface area contributed by atoms with Crippen molar-refractivity contribution in [3.63, 3.8) is 0 Å². The van der Waals surface area contributed by atoms with E-state index in [0.29, 0.717) is 5.56 Å². The molecule has 1 N–H and O–H groups in total. The minimum Gasteiger partial charge on any atom is -0.395 e. The fourth-order valence-electron chi connectivity index (χ4n) is 2.33. The van der Waals surface area contributed by atoms with Crippen LogP contribution in [-0.2, 0) is 5.41 Å². The SMILES string of the molecule is Cc1cc(C2(CO)CCC2)ccc1[N+](=O)[O-]. The lowest BCUT2D eigenvalue weighted by molar-refractivity contribution is -0.385. The quantitative estimate of drug-likeness (QED) is 0.629. The fraction of sp³-hybridized carbons (Fsp3) is 0.500. The highest BCUT2D eigenvalue weighted by Gasteiger charge is 2.38. The Labute approximate surface area is 94.1 Å². The Morgan fingerprint density at radius 3 is 2.56 bits per heavy atom. The number of aliphatic hydroxyl groups excluding tert-OH is 1. The van der Waals surface area contributed by atoms with Crippen molar-refractivity contribution in [2.75, 3.05) is 6.61 Å². The fourth-order valence-corrected chi connectivity index (χ4v) is 2.33. The molecule has 0 heterocycles. The molecule has 1 fully saturated rings. The van der Waals surface area contributed by atoms with Crippen molar-refractivity contribution in [2.45, 2.75) is 31.6 Å². The van der Waals surface area contributed by atoms with Crippen molar-refractivity contribution in [1.29, 1.82) is 0 Å². The van der Waals surface area contributed by atoms with Crippen LogP contribution in [0.1, 0.15) is 30.4 Å². The molecule has 1 aromatic carbocycles. The minimum atomic E-state index is -0.370. The van der Waals surface area contributed by atoms with E-state index in [1.54, 1.807) is 19.1 Å². The first-order valence-corrected chi connectivity index (χ1v) is 5.45. The zero-order valence-electron chi connectivity index (χ0n) is 9.27. The second-order valence-corrected chi connectivity index (χ2v) is 4.55. The predicted octanol–water partition coefficient (Wildman–Crippen LogP) is 2.32. The molecule has 0 aromatic heterocycles. The van der Waals surface area contributed by atoms with Gasteiger partial charge in [-0.25, -0.2) is 0 Å². The van der Waals surface area contributed by atoms with E-state index in [4.69, 9.17) is 0 Å². The summed E-state index contributed by atoms with van der Waals surface area (Å²) < 4.78 is 0. The first kappa shape index (κ1) is 11.1. The minimum absolute atomic E-state index is 0.129. The maximum Gasteiger partial charge on any atom is 0.272 e. The summed E-state index contributed by atoms with van der Waals surface area (Å²) in [4.78, 5) is 10.3. The van der Waals surface area contributed by atoms with Gasteiger partial charge in [0, 0.05) is 17.0 Å². The van der Waals surface area contributed by atoms with Gasteiger partial charge in [-0.3, -0.25) is 10.1 Å². The number of aliphatic hydroxyl groups is 1. The molecule has 1 aromatic rings. The number of aryl methyl sites for hydroxylation is 1. The summed E-state index contributed by atoms with van der Waals surface area (Å²) in [5.74, 6) is 0. The largest absolute Gasteiger partial charge is 0.395 e. The van der Waals surface area contributed by atoms with Gasteiger partial charge in [-0.15, -0.1) is 0 Å². The Kier molecular flexibility index (Phi) is 2.68. The van der Waals surface area contributed by atoms with Gasteiger partial charge >= 0.3 is 0 Å². The molecule has 0 amide bonds. The standard InChI is InChI=1S/C12H15NO3/c1-9-7-10(3-4-11(9)13(15)16)12(8-14)5-2-6-12/h3-4,7,14H,2,5-6,8H2,1H3. The van der Waals surface area contributed by atoms with Crippen LogP contribution in [0.4, 0.5) is 5.69 Å². The Hall–Kier alpha value is -1.42. The molecule has 0 radical (unpaired) electrons. The molecule has 4 nitrogen and oxygen atoms in total. The van der Waals surface area contributed by atoms with Crippen LogP contribution >= 0.6 is 0 Å². The summed E-state index contributed by atoms with van der Waals surface area (Å²) >= 11 is 0. The Balaban J connectivity index is 2.37. The molecular weight excluding hydrogens is 206 g/mol. The summed E-state index contributed by atoms with van der Waals surface area (Å²) in [5, 5.41) is 20.1. The van der Waals surface area contributed by atoms with E-state index in [2.05, 4.69) is 0 Å². The van der Waals surface area contributed by atoms with Gasteiger partial charge in [0.2, 0.25) is 0 Å². The molecule has 1 saturated carbocycles. The van der Waals surface area contributed by atoms with Crippen LogP contribution in [0.25, 0.3) is 0 Å². The van der Waals surface area contributed by atoms with Gasteiger partial charge in [-0.2, -0.15) is 0 Å². The molecule has 2 rings (SSSR count). The van der Waals surface area contributed by atoms with Gasteiger partial charge in [0.25, 0.3) is 5.69 Å². The summed E-state index contributed by atoms with van der Waals surface area (Å²) in [6.07, 6.45) is 3.07. The molecule has 0 bridgehead atoms. The zero-order chi connectivity index (χ0) is 11.8. The van der Waals surface area contributed by atoms with Gasteiger partial charge in [0.05, 0.1) is 11.5 Å². The van der Waals surface area contributed by atoms with E-state index >= 15 is 0 Å². The molecule has 16 heavy (non-hydrogen) atoms. The molecule has 0 saturated heterocycles. The molecular formula is C12H15NO3. The zero-order valence-corrected chi connectivity index (χ0v) is 9.27. The average Bonchev–Trinajstić information content (AvgIpc) is 2.16. The van der Waals surface area contributed by atoms with Gasteiger partial charge in [-0.1, -0.05) is 12.5 Å². The van der Waals surface area contributed by atoms with Crippen molar-refractivity contribution in [3.05, 3.63) is 39.4 Å². The maximum atomic E-state index is 10.7. The van der Waals surface area contributed by atoms with Crippen LogP contribution in [0.2, 0.25) is 0 Å². The third-order valence-corrected chi connectivity index (χ3v) is 3.62. The van der Waals surface area contributed by atoms with Gasteiger partial charge < -0.3 is 5.11 Å². The van der Waals surface area contributed by atoms with Crippen LogP contribution in [0.15, 0.2) is 18.2 Å². The van der Waals surface area contributed by atoms with Crippen molar-refractivity contribution in [2.24, 2.45) is 0 Å². The van der Waals surface area contributed by atoms with Crippen LogP contribution in [0.5, 0.6) is 0 Å². The van der Waals surface area contributed by atoms with Gasteiger partial charge in [0.1, 0.15) is 0 Å². The summed E-state index contributed by atoms with van der Waals surface area (Å²) in [7, 11) is 0. The van der Waals surface area contributed by atoms with Crippen molar-refractivity contribution in [1.82, 2.24) is 0 Å². The van der Waals surface area contributed by atoms with E-state index in [1.165, 1.54) is 0 Å². The highest BCUT2D eigenvalue weighted by molar-refractivity contribution is 5.44. The van der Waals surface area contributed by atoms with Crippen LogP contribution in [0, 0.1) is 17.0 Å². The molecule has 4 heteroatoms. The number of nitro benzene ring substituents is 1. The smallest absolute Gasteiger partial charge is 0.272 e. The van der Waals surface area contributed by atoms with Gasteiger partial charge in [0.15, 0.2) is 0 Å². The molecule has 0 unspecified atom stereocenters. The van der Waals surface area contributed by atoms with Crippen molar-refractivity contribution >= 4 is 5.69 Å². The van der Waals surface area contributed by atoms with E-state index in [9.17, 15) is 15.2 Å². The highest BCUT2D eigenvalue weighted by atomic mass is 16.6. The molecule has 86 valence electrons. The Bertz CT molecular complexity index is 419. The van der Waals surface area contributed by atoms with E-state index < -0.39 is 0 Å². The number of benzene rings is 1. The van der Waals surface area contributed by atoms with E-state index in [-0.39, 0.29) is 22.6 Å². The second kappa shape index (κ2) is 3.87. The number of nitrogens with zero attached hydrogens (tertiary/aromatic N) is 1. The summed E-state index contributed by atoms with van der Waals surface area (Å²) in [6, 6.07) is 5.16. The highest BCUT2D eigenvalue weighted by Crippen LogP contribution is 2.44. The van der Waals surface area contributed by atoms with Crippen LogP contribution in [0.3, 0.4) is 0 Å². The summed E-state index contributed by atoms with van der Waals surface area (Å²) in [5.41, 5.74) is 1.71. The normalized spacial score (nSPS) is 17.9. The molecule has 0 spiro atoms. The average molecular weight is 221 g/mol. The number of hydrogen-bond donors (Lipinski definition) is 1. The first-order valence-electron chi connectivity index (χ1n) is 5.45. The molecule has 1 aliphatic carbocycles. The number of nitro groups is 1. The van der Waals surface area contributed by atoms with Crippen LogP contribution in [-0.4, -0.2) is 16.6 Å². The van der Waals surface area contributed by atoms with Crippen molar-refractivity contribution in [3.8, 4) is 0 Å². The third kappa shape index (κ3) is 1.59. The van der Waals surface area contributed by atoms with Gasteiger partial charge in [-0.05, 0) is 31.4 Å². The van der Waals surface area contributed by atoms with Crippen molar-refractivity contribution < 1.29 is 10.0 Å². The molecule has 1 aliphatic rings. The number of hydrogen-bond acceptors (Lipinski definition) is 3. The molecule has 0 atom stereocenters. The third-order valence-electron chi connectivity index (χ3n) is 3.62. The lowest BCUT2D eigenvalue weighted by atomic mass is 9.65. The van der Waals surface area contributed by atoms with E-state index in [1.807, 2.05) is 6.07 Å². The lowest BCUT2D eigenvalue weighted by Crippen LogP contribution is -2.37. The first-order chi connectivity index (χ1) is 7.59. The summed E-state index contributed by atoms with van der Waals surface area (Å²) in [6.45, 7) is 1.87. The van der Waals surface area contributed by atoms with E-state index in [0.717, 1.165) is 24.8 Å². The topological polar surface area (TPSA) is 63.4 Å². The number of rotatable bonds is 3. The lowest BCUT2D eigenvalue weighted by Gasteiger charge is -2.41. The Morgan fingerprint density at radius 2 is 2.19 bits per heavy atom. The predicted molar refractivity (Wildman–Crippen MR) is 60.4 cm³/mol. The molecule has 0 aliphatic heterocycles.